The first-order valence-electron chi connectivity index (χ1n) is 7.80. The highest BCUT2D eigenvalue weighted by molar-refractivity contribution is 9.10. The van der Waals surface area contributed by atoms with Crippen molar-refractivity contribution < 1.29 is 0 Å². The van der Waals surface area contributed by atoms with E-state index in [-0.39, 0.29) is 0 Å². The van der Waals surface area contributed by atoms with Gasteiger partial charge in [0.05, 0.1) is 0 Å². The molecule has 1 aliphatic heterocycles. The van der Waals surface area contributed by atoms with E-state index in [0.29, 0.717) is 0 Å². The van der Waals surface area contributed by atoms with Crippen molar-refractivity contribution in [1.29, 1.82) is 0 Å². The quantitative estimate of drug-likeness (QED) is 0.871. The zero-order chi connectivity index (χ0) is 14.5. The van der Waals surface area contributed by atoms with Crippen LogP contribution in [0.1, 0.15) is 38.3 Å². The summed E-state index contributed by atoms with van der Waals surface area (Å²) in [5.41, 5.74) is 2.76. The minimum Gasteiger partial charge on any atom is -0.313 e. The molecule has 20 heavy (non-hydrogen) atoms. The second-order valence-corrected chi connectivity index (χ2v) is 7.04. The summed E-state index contributed by atoms with van der Waals surface area (Å²) in [6, 6.07) is 6.78. The normalized spacial score (nSPS) is 24.0. The van der Waals surface area contributed by atoms with Crippen LogP contribution in [-0.4, -0.2) is 24.5 Å². The molecule has 0 bridgehead atoms. The molecule has 1 fully saturated rings. The molecule has 1 N–H and O–H groups in total. The maximum atomic E-state index is 3.74. The van der Waals surface area contributed by atoms with E-state index in [1.807, 2.05) is 0 Å². The summed E-state index contributed by atoms with van der Waals surface area (Å²) in [4.78, 5) is 2.59. The predicted molar refractivity (Wildman–Crippen MR) is 89.7 cm³/mol. The molecule has 2 atom stereocenters. The Labute approximate surface area is 132 Å². The van der Waals surface area contributed by atoms with Crippen LogP contribution in [0.3, 0.4) is 0 Å². The molecular weight excluding hydrogens is 312 g/mol. The highest BCUT2D eigenvalue weighted by Gasteiger charge is 2.22. The summed E-state index contributed by atoms with van der Waals surface area (Å²) in [5.74, 6) is 1.69. The topological polar surface area (TPSA) is 15.3 Å². The van der Waals surface area contributed by atoms with Crippen LogP contribution in [0.15, 0.2) is 22.7 Å². The molecule has 0 spiro atoms. The molecule has 1 saturated heterocycles. The summed E-state index contributed by atoms with van der Waals surface area (Å²) in [5, 5.41) is 3.37. The van der Waals surface area contributed by atoms with E-state index in [2.05, 4.69) is 65.1 Å². The number of nitrogens with zero attached hydrogens (tertiary/aromatic N) is 1. The highest BCUT2D eigenvalue weighted by Crippen LogP contribution is 2.26. The maximum absolute atomic E-state index is 3.74. The number of piperidine rings is 1. The molecule has 2 unspecified atom stereocenters. The summed E-state index contributed by atoms with van der Waals surface area (Å²) < 4.78 is 1.25. The Bertz CT molecular complexity index is 433. The van der Waals surface area contributed by atoms with Crippen molar-refractivity contribution in [3.05, 3.63) is 33.8 Å². The van der Waals surface area contributed by atoms with Crippen LogP contribution >= 0.6 is 15.9 Å². The number of hydrogen-bond donors (Lipinski definition) is 1. The van der Waals surface area contributed by atoms with E-state index in [9.17, 15) is 0 Å². The Balaban J connectivity index is 1.96. The summed E-state index contributed by atoms with van der Waals surface area (Å²) in [6.45, 7) is 12.4. The predicted octanol–water partition coefficient (Wildman–Crippen LogP) is 4.04. The summed E-state index contributed by atoms with van der Waals surface area (Å²) in [6.07, 6.45) is 1.33. The fraction of sp³-hybridized carbons (Fsp3) is 0.647. The lowest BCUT2D eigenvalue weighted by Gasteiger charge is -2.35. The third-order valence-corrected chi connectivity index (χ3v) is 5.25. The van der Waals surface area contributed by atoms with Crippen LogP contribution in [0.5, 0.6) is 0 Å². The molecule has 0 saturated carbocycles. The van der Waals surface area contributed by atoms with Gasteiger partial charge in [-0.1, -0.05) is 48.8 Å². The van der Waals surface area contributed by atoms with E-state index in [1.54, 1.807) is 0 Å². The minimum atomic E-state index is 0.815. The Hall–Kier alpha value is -0.380. The number of rotatable bonds is 5. The molecule has 2 nitrogen and oxygen atoms in total. The van der Waals surface area contributed by atoms with Gasteiger partial charge in [0.2, 0.25) is 0 Å². The van der Waals surface area contributed by atoms with Gasteiger partial charge in [0.1, 0.15) is 0 Å². The lowest BCUT2D eigenvalue weighted by molar-refractivity contribution is 0.132. The standard InChI is InChI=1S/C17H27BrN2/c1-4-19-10-15-5-6-16(17(18)9-15)12-20-8-7-13(2)14(3)11-20/h5-6,9,13-14,19H,4,7-8,10-12H2,1-3H3. The van der Waals surface area contributed by atoms with Crippen LogP contribution in [-0.2, 0) is 13.1 Å². The highest BCUT2D eigenvalue weighted by atomic mass is 79.9. The van der Waals surface area contributed by atoms with Crippen molar-refractivity contribution in [1.82, 2.24) is 10.2 Å². The van der Waals surface area contributed by atoms with Crippen molar-refractivity contribution in [2.45, 2.75) is 40.3 Å². The van der Waals surface area contributed by atoms with Gasteiger partial charge >= 0.3 is 0 Å². The SMILES string of the molecule is CCNCc1ccc(CN2CCC(C)C(C)C2)c(Br)c1. The second kappa shape index (κ2) is 7.58. The first kappa shape index (κ1) is 16.0. The monoisotopic (exact) mass is 338 g/mol. The van der Waals surface area contributed by atoms with Crippen LogP contribution in [0.25, 0.3) is 0 Å². The molecule has 1 aromatic rings. The zero-order valence-electron chi connectivity index (χ0n) is 13.0. The Morgan fingerprint density at radius 2 is 2.10 bits per heavy atom. The molecule has 0 radical (unpaired) electrons. The Morgan fingerprint density at radius 3 is 2.75 bits per heavy atom. The first-order chi connectivity index (χ1) is 9.60. The van der Waals surface area contributed by atoms with Crippen molar-refractivity contribution in [3.63, 3.8) is 0 Å². The summed E-state index contributed by atoms with van der Waals surface area (Å²) >= 11 is 3.74. The average molecular weight is 339 g/mol. The summed E-state index contributed by atoms with van der Waals surface area (Å²) in [7, 11) is 0. The fourth-order valence-corrected chi connectivity index (χ4v) is 3.38. The van der Waals surface area contributed by atoms with Crippen LogP contribution in [0, 0.1) is 11.8 Å². The molecule has 0 aliphatic carbocycles. The molecule has 2 rings (SSSR count). The smallest absolute Gasteiger partial charge is 0.0245 e. The average Bonchev–Trinajstić information content (AvgIpc) is 2.43. The maximum Gasteiger partial charge on any atom is 0.0245 e. The lowest BCUT2D eigenvalue weighted by atomic mass is 9.88. The van der Waals surface area contributed by atoms with Crippen molar-refractivity contribution in [2.75, 3.05) is 19.6 Å². The van der Waals surface area contributed by atoms with Crippen molar-refractivity contribution in [2.24, 2.45) is 11.8 Å². The lowest BCUT2D eigenvalue weighted by Crippen LogP contribution is -2.37. The van der Waals surface area contributed by atoms with Gasteiger partial charge in [-0.25, -0.2) is 0 Å². The van der Waals surface area contributed by atoms with Gasteiger partial charge in [0, 0.05) is 24.1 Å². The Morgan fingerprint density at radius 1 is 1.30 bits per heavy atom. The van der Waals surface area contributed by atoms with E-state index < -0.39 is 0 Å². The van der Waals surface area contributed by atoms with Gasteiger partial charge in [0.15, 0.2) is 0 Å². The molecule has 0 aromatic heterocycles. The van der Waals surface area contributed by atoms with Gasteiger partial charge in [0.25, 0.3) is 0 Å². The molecule has 1 aromatic carbocycles. The third kappa shape index (κ3) is 4.31. The van der Waals surface area contributed by atoms with Gasteiger partial charge in [-0.05, 0) is 48.5 Å². The van der Waals surface area contributed by atoms with Gasteiger partial charge in [-0.15, -0.1) is 0 Å². The second-order valence-electron chi connectivity index (χ2n) is 6.18. The minimum absolute atomic E-state index is 0.815. The fourth-order valence-electron chi connectivity index (χ4n) is 2.83. The number of benzene rings is 1. The number of likely N-dealkylation sites (tertiary alicyclic amines) is 1. The molecule has 112 valence electrons. The first-order valence-corrected chi connectivity index (χ1v) is 8.59. The van der Waals surface area contributed by atoms with Gasteiger partial charge in [-0.2, -0.15) is 0 Å². The van der Waals surface area contributed by atoms with Crippen molar-refractivity contribution >= 4 is 15.9 Å². The largest absolute Gasteiger partial charge is 0.313 e. The molecule has 1 heterocycles. The van der Waals surface area contributed by atoms with Crippen LogP contribution in [0.2, 0.25) is 0 Å². The van der Waals surface area contributed by atoms with Gasteiger partial charge in [-0.3, -0.25) is 4.90 Å². The molecule has 3 heteroatoms. The number of halogens is 1. The van der Waals surface area contributed by atoms with E-state index in [0.717, 1.165) is 31.5 Å². The van der Waals surface area contributed by atoms with E-state index in [4.69, 9.17) is 0 Å². The number of nitrogens with one attached hydrogen (secondary N) is 1. The Kier molecular flexibility index (Phi) is 6.06. The zero-order valence-corrected chi connectivity index (χ0v) is 14.5. The molecule has 0 amide bonds. The van der Waals surface area contributed by atoms with Crippen LogP contribution < -0.4 is 5.32 Å². The third-order valence-electron chi connectivity index (χ3n) is 4.51. The molecule has 1 aliphatic rings. The van der Waals surface area contributed by atoms with Crippen LogP contribution in [0.4, 0.5) is 0 Å². The van der Waals surface area contributed by atoms with Gasteiger partial charge < -0.3 is 5.32 Å². The van der Waals surface area contributed by atoms with E-state index >= 15 is 0 Å². The number of hydrogen-bond acceptors (Lipinski definition) is 2. The molecular formula is C17H27BrN2. The van der Waals surface area contributed by atoms with Crippen molar-refractivity contribution in [3.8, 4) is 0 Å². The van der Waals surface area contributed by atoms with E-state index in [1.165, 1.54) is 35.1 Å².